The van der Waals surface area contributed by atoms with Crippen molar-refractivity contribution in [1.82, 2.24) is 20.3 Å². The number of halogens is 2. The number of thioether (sulfide) groups is 1. The molecule has 0 fully saturated rings. The Morgan fingerprint density at radius 3 is 2.63 bits per heavy atom. The van der Waals surface area contributed by atoms with Gasteiger partial charge < -0.3 is 26.6 Å². The fourth-order valence-electron chi connectivity index (χ4n) is 3.55. The number of hydrogen-bond donors (Lipinski definition) is 4. The van der Waals surface area contributed by atoms with Gasteiger partial charge in [-0.3, -0.25) is 0 Å². The topological polar surface area (TPSA) is 132 Å². The number of allylic oxidation sites excluding steroid dienone is 4. The van der Waals surface area contributed by atoms with Crippen LogP contribution in [0.25, 0.3) is 16.8 Å². The molecule has 1 atom stereocenters. The Balaban J connectivity index is 2.05. The second kappa shape index (κ2) is 13.0. The van der Waals surface area contributed by atoms with Gasteiger partial charge in [-0.25, -0.2) is 23.7 Å². The van der Waals surface area contributed by atoms with E-state index < -0.39 is 17.9 Å². The van der Waals surface area contributed by atoms with Crippen molar-refractivity contribution in [2.75, 3.05) is 24.3 Å². The minimum absolute atomic E-state index is 0.0349. The number of nitrogens with two attached hydrogens (primary N) is 2. The van der Waals surface area contributed by atoms with E-state index in [1.54, 1.807) is 18.2 Å². The number of aromatic nitrogens is 3. The molecular formula is C27H30F2N6O2S. The first kappa shape index (κ1) is 28.6. The summed E-state index contributed by atoms with van der Waals surface area (Å²) in [5.74, 6) is -1.54. The van der Waals surface area contributed by atoms with Crippen LogP contribution in [0.3, 0.4) is 0 Å². The Bertz CT molecular complexity index is 1380. The highest BCUT2D eigenvalue weighted by molar-refractivity contribution is 7.98. The third-order valence-corrected chi connectivity index (χ3v) is 5.84. The average molecular weight is 541 g/mol. The number of hydrogen-bond acceptors (Lipinski definition) is 9. The molecule has 0 bridgehead atoms. The lowest BCUT2D eigenvalue weighted by molar-refractivity contribution is 0.149. The van der Waals surface area contributed by atoms with Crippen molar-refractivity contribution >= 4 is 28.8 Å². The minimum Gasteiger partial charge on any atom is -0.491 e. The Morgan fingerprint density at radius 2 is 1.97 bits per heavy atom. The molecular weight excluding hydrogens is 510 g/mol. The SMILES string of the molecule is C=C/C(NC(O)c1nc(-c2c(F)ccc(OCCC)c2F)ccc1N)=C(\C=C/C)c1cc(N)nc(SC)n1. The van der Waals surface area contributed by atoms with Crippen LogP contribution >= 0.6 is 11.8 Å². The number of ether oxygens (including phenoxy) is 1. The second-order valence-electron chi connectivity index (χ2n) is 8.00. The molecule has 0 spiro atoms. The smallest absolute Gasteiger partial charge is 0.189 e. The van der Waals surface area contributed by atoms with Gasteiger partial charge >= 0.3 is 0 Å². The Hall–Kier alpha value is -3.96. The van der Waals surface area contributed by atoms with Gasteiger partial charge in [-0.1, -0.05) is 37.4 Å². The van der Waals surface area contributed by atoms with E-state index >= 15 is 4.39 Å². The molecule has 0 radical (unpaired) electrons. The van der Waals surface area contributed by atoms with Crippen molar-refractivity contribution in [3.8, 4) is 17.0 Å². The zero-order chi connectivity index (χ0) is 27.8. The maximum Gasteiger partial charge on any atom is 0.189 e. The molecule has 0 aliphatic rings. The highest BCUT2D eigenvalue weighted by Gasteiger charge is 2.22. The molecule has 200 valence electrons. The molecule has 2 heterocycles. The second-order valence-corrected chi connectivity index (χ2v) is 8.77. The summed E-state index contributed by atoms with van der Waals surface area (Å²) in [5.41, 5.74) is 13.1. The van der Waals surface area contributed by atoms with Gasteiger partial charge in [0.05, 0.1) is 29.2 Å². The van der Waals surface area contributed by atoms with Crippen LogP contribution in [0.1, 0.15) is 37.9 Å². The number of benzene rings is 1. The van der Waals surface area contributed by atoms with Crippen molar-refractivity contribution < 1.29 is 18.6 Å². The number of aliphatic hydroxyl groups is 1. The number of nitrogen functional groups attached to an aromatic ring is 2. The monoisotopic (exact) mass is 540 g/mol. The molecule has 1 unspecified atom stereocenters. The number of nitrogens with zero attached hydrogens (tertiary/aromatic N) is 3. The molecule has 0 aliphatic carbocycles. The molecule has 8 nitrogen and oxygen atoms in total. The summed E-state index contributed by atoms with van der Waals surface area (Å²) >= 11 is 1.33. The molecule has 2 aromatic heterocycles. The summed E-state index contributed by atoms with van der Waals surface area (Å²) in [6, 6.07) is 6.72. The molecule has 0 amide bonds. The van der Waals surface area contributed by atoms with Gasteiger partial charge in [0.15, 0.2) is 23.0 Å². The highest BCUT2D eigenvalue weighted by atomic mass is 32.2. The summed E-state index contributed by atoms with van der Waals surface area (Å²) in [5, 5.41) is 14.5. The predicted molar refractivity (Wildman–Crippen MR) is 148 cm³/mol. The van der Waals surface area contributed by atoms with E-state index in [9.17, 15) is 9.50 Å². The molecule has 11 heteroatoms. The summed E-state index contributed by atoms with van der Waals surface area (Å²) in [4.78, 5) is 13.0. The van der Waals surface area contributed by atoms with Crippen LogP contribution in [0.15, 0.2) is 66.0 Å². The van der Waals surface area contributed by atoms with Crippen molar-refractivity contribution in [2.24, 2.45) is 0 Å². The molecule has 3 aromatic rings. The Labute approximate surface area is 224 Å². The molecule has 1 aromatic carbocycles. The van der Waals surface area contributed by atoms with E-state index in [0.717, 1.165) is 6.07 Å². The van der Waals surface area contributed by atoms with Crippen molar-refractivity contribution in [3.05, 3.63) is 83.9 Å². The lowest BCUT2D eigenvalue weighted by Crippen LogP contribution is -2.23. The van der Waals surface area contributed by atoms with E-state index in [1.807, 2.05) is 20.1 Å². The van der Waals surface area contributed by atoms with Crippen LogP contribution in [0.4, 0.5) is 20.3 Å². The lowest BCUT2D eigenvalue weighted by Gasteiger charge is -2.19. The number of anilines is 2. The van der Waals surface area contributed by atoms with Crippen LogP contribution in [-0.4, -0.2) is 32.9 Å². The third-order valence-electron chi connectivity index (χ3n) is 5.29. The minimum atomic E-state index is -1.46. The molecule has 38 heavy (non-hydrogen) atoms. The summed E-state index contributed by atoms with van der Waals surface area (Å²) in [6.07, 6.45) is 6.06. The fraction of sp³-hybridized carbons (Fsp3) is 0.222. The van der Waals surface area contributed by atoms with Crippen molar-refractivity contribution in [2.45, 2.75) is 31.7 Å². The summed E-state index contributed by atoms with van der Waals surface area (Å²) in [6.45, 7) is 7.80. The first-order valence-corrected chi connectivity index (χ1v) is 13.0. The van der Waals surface area contributed by atoms with Gasteiger partial charge in [0.25, 0.3) is 0 Å². The molecule has 0 saturated carbocycles. The van der Waals surface area contributed by atoms with Gasteiger partial charge in [-0.2, -0.15) is 0 Å². The molecule has 0 aliphatic heterocycles. The summed E-state index contributed by atoms with van der Waals surface area (Å²) in [7, 11) is 0. The normalized spacial score (nSPS) is 12.8. The number of nitrogens with one attached hydrogen (secondary N) is 1. The van der Waals surface area contributed by atoms with Crippen LogP contribution < -0.4 is 21.5 Å². The maximum absolute atomic E-state index is 15.1. The quantitative estimate of drug-likeness (QED) is 0.111. The predicted octanol–water partition coefficient (Wildman–Crippen LogP) is 5.25. The zero-order valence-electron chi connectivity index (χ0n) is 21.3. The van der Waals surface area contributed by atoms with Crippen LogP contribution in [-0.2, 0) is 0 Å². The molecule has 6 N–H and O–H groups in total. The molecule has 3 rings (SSSR count). The van der Waals surface area contributed by atoms with Gasteiger partial charge in [0.2, 0.25) is 0 Å². The lowest BCUT2D eigenvalue weighted by atomic mass is 10.1. The first-order chi connectivity index (χ1) is 18.2. The molecule has 0 saturated heterocycles. The Morgan fingerprint density at radius 1 is 1.21 bits per heavy atom. The van der Waals surface area contributed by atoms with Crippen LogP contribution in [0.5, 0.6) is 5.75 Å². The summed E-state index contributed by atoms with van der Waals surface area (Å²) < 4.78 is 35.2. The number of pyridine rings is 1. The standard InChI is InChI=1S/C27H30F2N6O2S/c1-5-8-15(20-14-22(31)35-27(34-20)38-4)18(7-3)33-26(36)25-17(30)10-11-19(32-25)23-16(28)9-12-21(24(23)29)37-13-6-2/h5,7-12,14,26,33,36H,3,6,13,30H2,1-2,4H3,(H2,31,34,35)/b8-5-,18-15-. The van der Waals surface area contributed by atoms with Crippen molar-refractivity contribution in [1.29, 1.82) is 0 Å². The fourth-order valence-corrected chi connectivity index (χ4v) is 3.94. The largest absolute Gasteiger partial charge is 0.491 e. The number of rotatable bonds is 11. The number of aliphatic hydroxyl groups excluding tert-OH is 1. The van der Waals surface area contributed by atoms with Gasteiger partial charge in [-0.15, -0.1) is 0 Å². The van der Waals surface area contributed by atoms with Crippen LogP contribution in [0, 0.1) is 11.6 Å². The zero-order valence-corrected chi connectivity index (χ0v) is 22.1. The highest BCUT2D eigenvalue weighted by Crippen LogP contribution is 2.33. The van der Waals surface area contributed by atoms with E-state index in [4.69, 9.17) is 16.2 Å². The van der Waals surface area contributed by atoms with Crippen molar-refractivity contribution in [3.63, 3.8) is 0 Å². The van der Waals surface area contributed by atoms with E-state index in [0.29, 0.717) is 28.5 Å². The van der Waals surface area contributed by atoms with E-state index in [2.05, 4.69) is 26.8 Å². The van der Waals surface area contributed by atoms with Gasteiger partial charge in [0.1, 0.15) is 17.3 Å². The first-order valence-electron chi connectivity index (χ1n) is 11.7. The van der Waals surface area contributed by atoms with E-state index in [1.165, 1.54) is 36.0 Å². The van der Waals surface area contributed by atoms with Gasteiger partial charge in [-0.05, 0) is 49.9 Å². The maximum atomic E-state index is 15.1. The van der Waals surface area contributed by atoms with Crippen LogP contribution in [0.2, 0.25) is 0 Å². The van der Waals surface area contributed by atoms with E-state index in [-0.39, 0.29) is 40.8 Å². The Kier molecular flexibility index (Phi) is 9.80. The average Bonchev–Trinajstić information content (AvgIpc) is 2.90. The van der Waals surface area contributed by atoms with Gasteiger partial charge in [0, 0.05) is 17.3 Å². The third kappa shape index (κ3) is 6.48.